The molecule has 58 heavy (non-hydrogen) atoms. The van der Waals surface area contributed by atoms with Crippen LogP contribution in [0.25, 0.3) is 65.4 Å². The van der Waals surface area contributed by atoms with Crippen LogP contribution in [0.5, 0.6) is 0 Å². The molecule has 11 aromatic rings. The van der Waals surface area contributed by atoms with E-state index in [4.69, 9.17) is 8.83 Å². The minimum Gasteiger partial charge on any atom is -0.456 e. The zero-order valence-electron chi connectivity index (χ0n) is 31.5. The summed E-state index contributed by atoms with van der Waals surface area (Å²) in [6, 6.07) is 57.2. The topological polar surface area (TPSA) is 32.8 Å². The highest BCUT2D eigenvalue weighted by Crippen LogP contribution is 2.53. The maximum Gasteiger partial charge on any atom is 0.147 e. The van der Waals surface area contributed by atoms with Gasteiger partial charge in [-0.15, -0.1) is 0 Å². The number of furan rings is 2. The van der Waals surface area contributed by atoms with Crippen molar-refractivity contribution in [1.29, 1.82) is 0 Å². The molecule has 0 radical (unpaired) electrons. The summed E-state index contributed by atoms with van der Waals surface area (Å²) in [7, 11) is 0. The van der Waals surface area contributed by atoms with Gasteiger partial charge < -0.3 is 18.6 Å². The number of hydrogen-bond donors (Lipinski definition) is 0. The molecule has 0 fully saturated rings. The molecule has 4 nitrogen and oxygen atoms in total. The molecule has 2 aromatic heterocycles. The summed E-state index contributed by atoms with van der Waals surface area (Å²) in [5.41, 5.74) is 12.9. The zero-order valence-corrected chi connectivity index (χ0v) is 33.2. The number of para-hydroxylation sites is 4. The number of fused-ring (bicyclic) bond motifs is 13. The Morgan fingerprint density at radius 3 is 1.26 bits per heavy atom. The molecule has 0 amide bonds. The molecule has 13 rings (SSSR count). The minimum absolute atomic E-state index is 0.861. The van der Waals surface area contributed by atoms with E-state index < -0.39 is 0 Å². The predicted molar refractivity (Wildman–Crippen MR) is 243 cm³/mol. The van der Waals surface area contributed by atoms with Crippen LogP contribution < -0.4 is 9.80 Å². The fraction of sp³-hybridized carbons (Fsp3) is 0.0385. The lowest BCUT2D eigenvalue weighted by atomic mass is 9.97. The van der Waals surface area contributed by atoms with Crippen LogP contribution in [0.1, 0.15) is 11.1 Å². The van der Waals surface area contributed by atoms with Gasteiger partial charge in [-0.2, -0.15) is 0 Å². The van der Waals surface area contributed by atoms with Gasteiger partial charge in [0.1, 0.15) is 22.3 Å². The highest BCUT2D eigenvalue weighted by atomic mass is 32.2. The summed E-state index contributed by atoms with van der Waals surface area (Å²) in [6.07, 6.45) is 0. The number of benzene rings is 9. The average Bonchev–Trinajstić information content (AvgIpc) is 3.82. The quantitative estimate of drug-likeness (QED) is 0.174. The molecule has 2 aliphatic heterocycles. The summed E-state index contributed by atoms with van der Waals surface area (Å²) < 4.78 is 13.8. The SMILES string of the molecule is Cc1c(C)c2c3cc4ccc(N5c6ccccc6Sc6ccccc65)cc4cc3oc2c2c1oc1cc3cc(N4c5ccccc5Sc5ccccc54)ccc3cc12. The molecule has 2 aliphatic rings. The second-order valence-electron chi connectivity index (χ2n) is 15.4. The molecular formula is C52H32N2O2S2. The second-order valence-corrected chi connectivity index (χ2v) is 17.5. The average molecular weight is 781 g/mol. The first-order valence-electron chi connectivity index (χ1n) is 19.6. The van der Waals surface area contributed by atoms with Crippen LogP contribution in [0.3, 0.4) is 0 Å². The van der Waals surface area contributed by atoms with E-state index in [0.717, 1.165) is 77.0 Å². The summed E-state index contributed by atoms with van der Waals surface area (Å²) >= 11 is 3.66. The van der Waals surface area contributed by atoms with E-state index in [9.17, 15) is 0 Å². The number of rotatable bonds is 2. The molecule has 0 bridgehead atoms. The van der Waals surface area contributed by atoms with Crippen molar-refractivity contribution < 1.29 is 8.83 Å². The van der Waals surface area contributed by atoms with Crippen molar-refractivity contribution in [2.75, 3.05) is 9.80 Å². The van der Waals surface area contributed by atoms with E-state index in [-0.39, 0.29) is 0 Å². The van der Waals surface area contributed by atoms with Gasteiger partial charge in [-0.3, -0.25) is 0 Å². The molecule has 0 spiro atoms. The van der Waals surface area contributed by atoms with Crippen molar-refractivity contribution in [2.24, 2.45) is 0 Å². The fourth-order valence-corrected chi connectivity index (χ4v) is 11.4. The van der Waals surface area contributed by atoms with Gasteiger partial charge in [0.05, 0.1) is 28.1 Å². The Morgan fingerprint density at radius 2 is 0.793 bits per heavy atom. The Morgan fingerprint density at radius 1 is 0.379 bits per heavy atom. The maximum atomic E-state index is 6.97. The molecule has 0 N–H and O–H groups in total. The number of aryl methyl sites for hydroxylation is 2. The van der Waals surface area contributed by atoms with Crippen LogP contribution in [-0.2, 0) is 0 Å². The van der Waals surface area contributed by atoms with E-state index in [1.807, 2.05) is 23.5 Å². The van der Waals surface area contributed by atoms with Gasteiger partial charge in [-0.25, -0.2) is 0 Å². The number of nitrogens with zero attached hydrogens (tertiary/aromatic N) is 2. The summed E-state index contributed by atoms with van der Waals surface area (Å²) in [6.45, 7) is 4.38. The number of hydrogen-bond acceptors (Lipinski definition) is 6. The first-order chi connectivity index (χ1) is 28.6. The molecule has 0 saturated carbocycles. The normalized spacial score (nSPS) is 13.5. The van der Waals surface area contributed by atoms with Crippen molar-refractivity contribution in [3.63, 3.8) is 0 Å². The van der Waals surface area contributed by atoms with E-state index in [0.29, 0.717) is 0 Å². The molecule has 0 saturated heterocycles. The van der Waals surface area contributed by atoms with Gasteiger partial charge in [-0.1, -0.05) is 84.2 Å². The van der Waals surface area contributed by atoms with Gasteiger partial charge >= 0.3 is 0 Å². The first-order valence-corrected chi connectivity index (χ1v) is 21.2. The van der Waals surface area contributed by atoms with Crippen LogP contribution >= 0.6 is 23.5 Å². The molecule has 274 valence electrons. The summed E-state index contributed by atoms with van der Waals surface area (Å²) in [4.78, 5) is 9.77. The first kappa shape index (κ1) is 32.5. The van der Waals surface area contributed by atoms with Crippen LogP contribution in [0.2, 0.25) is 0 Å². The molecule has 0 aliphatic carbocycles. The predicted octanol–water partition coefficient (Wildman–Crippen LogP) is 16.3. The third kappa shape index (κ3) is 4.55. The van der Waals surface area contributed by atoms with Gasteiger partial charge in [-0.05, 0) is 144 Å². The Bertz CT molecular complexity index is 3490. The molecule has 6 heteroatoms. The smallest absolute Gasteiger partial charge is 0.147 e. The van der Waals surface area contributed by atoms with Crippen molar-refractivity contribution in [2.45, 2.75) is 33.4 Å². The van der Waals surface area contributed by atoms with Gasteiger partial charge in [0, 0.05) is 47.1 Å². The van der Waals surface area contributed by atoms with Crippen molar-refractivity contribution in [1.82, 2.24) is 0 Å². The molecule has 0 atom stereocenters. The van der Waals surface area contributed by atoms with Crippen molar-refractivity contribution >= 4 is 123 Å². The second kappa shape index (κ2) is 12.0. The molecular weight excluding hydrogens is 749 g/mol. The zero-order chi connectivity index (χ0) is 38.2. The monoisotopic (exact) mass is 780 g/mol. The highest BCUT2D eigenvalue weighted by molar-refractivity contribution is 8.00. The lowest BCUT2D eigenvalue weighted by Crippen LogP contribution is -2.14. The van der Waals surface area contributed by atoms with Crippen LogP contribution in [0, 0.1) is 13.8 Å². The van der Waals surface area contributed by atoms with E-state index in [2.05, 4.69) is 181 Å². The highest BCUT2D eigenvalue weighted by Gasteiger charge is 2.27. The molecule has 4 heterocycles. The van der Waals surface area contributed by atoms with E-state index in [1.165, 1.54) is 53.3 Å². The standard InChI is InChI=1S/C52H32N2O2S2/c1-29-30(2)51-50(38-26-32-20-22-36(24-34(32)28-44(38)55-51)54-41-13-5-9-17-47(41)58-48-18-10-6-14-42(48)54)52-49(29)37-25-31-19-21-35(23-33(31)27-43(37)56-52)53-39-11-3-7-15-45(39)57-46-16-8-4-12-40(46)53/h3-28H,1-2H3. The van der Waals surface area contributed by atoms with E-state index >= 15 is 0 Å². The maximum absolute atomic E-state index is 6.97. The lowest BCUT2D eigenvalue weighted by molar-refractivity contribution is 0.660. The van der Waals surface area contributed by atoms with Gasteiger partial charge in [0.15, 0.2) is 0 Å². The lowest BCUT2D eigenvalue weighted by Gasteiger charge is -2.33. The molecule has 0 unspecified atom stereocenters. The Balaban J connectivity index is 0.977. The molecule has 9 aromatic carbocycles. The van der Waals surface area contributed by atoms with Gasteiger partial charge in [0.2, 0.25) is 0 Å². The summed E-state index contributed by atoms with van der Waals surface area (Å²) in [5, 5.41) is 9.00. The Kier molecular flexibility index (Phi) is 6.70. The largest absolute Gasteiger partial charge is 0.456 e. The number of anilines is 6. The fourth-order valence-electron chi connectivity index (χ4n) is 9.29. The van der Waals surface area contributed by atoms with Gasteiger partial charge in [0.25, 0.3) is 0 Å². The third-order valence-corrected chi connectivity index (χ3v) is 14.4. The van der Waals surface area contributed by atoms with E-state index in [1.54, 1.807) is 0 Å². The van der Waals surface area contributed by atoms with Crippen LogP contribution in [-0.4, -0.2) is 0 Å². The Labute approximate surface area is 342 Å². The van der Waals surface area contributed by atoms with Crippen molar-refractivity contribution in [3.05, 3.63) is 169 Å². The van der Waals surface area contributed by atoms with Crippen LogP contribution in [0.15, 0.2) is 186 Å². The Hall–Kier alpha value is -6.60. The van der Waals surface area contributed by atoms with Crippen molar-refractivity contribution in [3.8, 4) is 0 Å². The van der Waals surface area contributed by atoms with Crippen LogP contribution in [0.4, 0.5) is 34.1 Å². The minimum atomic E-state index is 0.861. The summed E-state index contributed by atoms with van der Waals surface area (Å²) in [5.74, 6) is 0. The third-order valence-electron chi connectivity index (χ3n) is 12.1.